The van der Waals surface area contributed by atoms with Crippen molar-refractivity contribution in [2.24, 2.45) is 0 Å². The summed E-state index contributed by atoms with van der Waals surface area (Å²) in [5.74, 6) is 1.59. The first-order valence-electron chi connectivity index (χ1n) is 19.5. The third-order valence-corrected chi connectivity index (χ3v) is 12.5. The molecule has 0 unspecified atom stereocenters. The van der Waals surface area contributed by atoms with Gasteiger partial charge in [-0.25, -0.2) is 9.97 Å². The van der Waals surface area contributed by atoms with E-state index in [1.54, 1.807) is 0 Å². The number of rotatable bonds is 2. The highest BCUT2D eigenvalue weighted by molar-refractivity contribution is 6.36. The van der Waals surface area contributed by atoms with E-state index in [9.17, 15) is 0 Å². The van der Waals surface area contributed by atoms with Gasteiger partial charge >= 0.3 is 0 Å². The maximum absolute atomic E-state index is 5.61. The number of nitrogens with zero attached hydrogens (tertiary/aromatic N) is 5. The summed E-state index contributed by atoms with van der Waals surface area (Å²) >= 11 is 0. The highest BCUT2D eigenvalue weighted by atomic mass is 15.2. The number of fused-ring (bicyclic) bond motifs is 17. The number of aromatic nitrogens is 5. The van der Waals surface area contributed by atoms with Crippen molar-refractivity contribution in [1.29, 1.82) is 0 Å². The molecule has 0 N–H and O–H groups in total. The van der Waals surface area contributed by atoms with Gasteiger partial charge in [-0.3, -0.25) is 9.13 Å². The van der Waals surface area contributed by atoms with Crippen LogP contribution in [0.2, 0.25) is 0 Å². The number of benzene rings is 9. The van der Waals surface area contributed by atoms with E-state index < -0.39 is 0 Å². The van der Waals surface area contributed by atoms with E-state index in [1.165, 1.54) is 81.2 Å². The molecule has 262 valence electrons. The van der Waals surface area contributed by atoms with Crippen LogP contribution in [-0.2, 0) is 0 Å². The lowest BCUT2D eigenvalue weighted by atomic mass is 10.0. The minimum atomic E-state index is 0.794. The van der Waals surface area contributed by atoms with Gasteiger partial charge < -0.3 is 4.40 Å². The monoisotopic (exact) mass is 723 g/mol. The van der Waals surface area contributed by atoms with Crippen LogP contribution in [0, 0.1) is 0 Å². The fourth-order valence-electron chi connectivity index (χ4n) is 10.2. The van der Waals surface area contributed by atoms with Gasteiger partial charge in [0.2, 0.25) is 0 Å². The van der Waals surface area contributed by atoms with Gasteiger partial charge in [-0.05, 0) is 76.1 Å². The molecule has 5 aromatic heterocycles. The molecular weight excluding hydrogens is 695 g/mol. The minimum Gasteiger partial charge on any atom is -0.308 e. The third kappa shape index (κ3) is 3.69. The summed E-state index contributed by atoms with van der Waals surface area (Å²) in [7, 11) is 0. The van der Waals surface area contributed by atoms with E-state index >= 15 is 0 Å². The summed E-state index contributed by atoms with van der Waals surface area (Å²) < 4.78 is 7.23. The topological polar surface area (TPSA) is 40.0 Å². The maximum atomic E-state index is 5.61. The van der Waals surface area contributed by atoms with Crippen molar-refractivity contribution in [2.75, 3.05) is 0 Å². The average molecular weight is 724 g/mol. The van der Waals surface area contributed by atoms with Crippen LogP contribution < -0.4 is 0 Å². The van der Waals surface area contributed by atoms with Crippen LogP contribution in [0.15, 0.2) is 176 Å². The molecule has 0 atom stereocenters. The molecule has 0 spiro atoms. The molecule has 9 aromatic carbocycles. The Morgan fingerprint density at radius 2 is 0.842 bits per heavy atom. The second-order valence-corrected chi connectivity index (χ2v) is 15.4. The Bertz CT molecular complexity index is 4050. The molecule has 0 aliphatic heterocycles. The quantitative estimate of drug-likeness (QED) is 0.178. The first kappa shape index (κ1) is 29.6. The Hall–Kier alpha value is -7.76. The molecule has 5 heteroatoms. The first-order chi connectivity index (χ1) is 28.3. The van der Waals surface area contributed by atoms with Crippen molar-refractivity contribution in [3.63, 3.8) is 0 Å². The van der Waals surface area contributed by atoms with Crippen molar-refractivity contribution in [2.45, 2.75) is 0 Å². The summed E-state index contributed by atoms with van der Waals surface area (Å²) in [4.78, 5) is 11.2. The van der Waals surface area contributed by atoms with Crippen LogP contribution >= 0.6 is 0 Å². The molecule has 0 fully saturated rings. The molecule has 0 radical (unpaired) electrons. The minimum absolute atomic E-state index is 0.794. The third-order valence-electron chi connectivity index (χ3n) is 12.5. The normalized spacial score (nSPS) is 12.6. The number of hydrogen-bond acceptors (Lipinski definition) is 2. The molecule has 0 aliphatic carbocycles. The van der Waals surface area contributed by atoms with E-state index in [-0.39, 0.29) is 0 Å². The summed E-state index contributed by atoms with van der Waals surface area (Å²) in [5.41, 5.74) is 9.82. The maximum Gasteiger partial charge on any atom is 0.182 e. The van der Waals surface area contributed by atoms with Gasteiger partial charge in [0.25, 0.3) is 0 Å². The van der Waals surface area contributed by atoms with E-state index in [0.717, 1.165) is 44.7 Å². The van der Waals surface area contributed by atoms with Crippen molar-refractivity contribution in [1.82, 2.24) is 23.5 Å². The Kier molecular flexibility index (Phi) is 5.45. The fourth-order valence-corrected chi connectivity index (χ4v) is 10.2. The average Bonchev–Trinajstić information content (AvgIpc) is 3.99. The molecule has 0 aliphatic rings. The van der Waals surface area contributed by atoms with Gasteiger partial charge in [0.1, 0.15) is 0 Å². The first-order valence-corrected chi connectivity index (χ1v) is 19.5. The van der Waals surface area contributed by atoms with Crippen molar-refractivity contribution >= 4 is 114 Å². The van der Waals surface area contributed by atoms with Gasteiger partial charge in [0, 0.05) is 43.1 Å². The van der Waals surface area contributed by atoms with Gasteiger partial charge in [-0.1, -0.05) is 121 Å². The highest BCUT2D eigenvalue weighted by Gasteiger charge is 2.27. The van der Waals surface area contributed by atoms with Crippen LogP contribution in [0.1, 0.15) is 0 Å². The Morgan fingerprint density at radius 1 is 0.298 bits per heavy atom. The zero-order chi connectivity index (χ0) is 36.9. The van der Waals surface area contributed by atoms with Crippen LogP contribution in [0.4, 0.5) is 0 Å². The lowest BCUT2D eigenvalue weighted by Gasteiger charge is -2.16. The zero-order valence-corrected chi connectivity index (χ0v) is 30.5. The van der Waals surface area contributed by atoms with E-state index in [0.29, 0.717) is 0 Å². The van der Waals surface area contributed by atoms with E-state index in [4.69, 9.17) is 9.97 Å². The fraction of sp³-hybridized carbons (Fsp3) is 0. The van der Waals surface area contributed by atoms with Crippen molar-refractivity contribution in [3.05, 3.63) is 176 Å². The van der Waals surface area contributed by atoms with E-state index in [2.05, 4.69) is 189 Å². The summed E-state index contributed by atoms with van der Waals surface area (Å²) in [6.45, 7) is 0. The lowest BCUT2D eigenvalue weighted by molar-refractivity contribution is 0.996. The molecule has 5 heterocycles. The van der Waals surface area contributed by atoms with Crippen molar-refractivity contribution < 1.29 is 0 Å². The Balaban J connectivity index is 1.22. The molecule has 14 aromatic rings. The van der Waals surface area contributed by atoms with Gasteiger partial charge in [-0.15, -0.1) is 0 Å². The molecule has 0 saturated carbocycles. The zero-order valence-electron chi connectivity index (χ0n) is 30.5. The van der Waals surface area contributed by atoms with Crippen LogP contribution in [0.3, 0.4) is 0 Å². The Morgan fingerprint density at radius 3 is 1.56 bits per heavy atom. The summed E-state index contributed by atoms with van der Waals surface area (Å²) in [5, 5.41) is 14.8. The van der Waals surface area contributed by atoms with E-state index in [1.807, 2.05) is 0 Å². The highest BCUT2D eigenvalue weighted by Crippen LogP contribution is 2.48. The van der Waals surface area contributed by atoms with Gasteiger partial charge in [0.05, 0.1) is 49.7 Å². The van der Waals surface area contributed by atoms with Gasteiger partial charge in [-0.2, -0.15) is 0 Å². The SMILES string of the molecule is c1ccc2cc3c(cc2c1)c1c2c4ccccc4n(-c4nc5ccccc5nc4-n4c5ccccc5c5c6ccccc6ccc54)c2cc2c4ccccc4n3c21. The standard InChI is InChI=1S/C52H29N5/c1-2-15-32-28-45-38(27-31(32)14-1)49-48-36-19-7-12-24-43(36)57(46(48)29-37-34-17-5-10-22-41(34)55(45)50(37)49)52-51(53-39-20-8-9-21-40(39)54-52)56-42-23-11-6-18-35(42)47-33-16-4-3-13-30(33)25-26-44(47)56/h1-29H. The lowest BCUT2D eigenvalue weighted by Crippen LogP contribution is -2.09. The van der Waals surface area contributed by atoms with Crippen molar-refractivity contribution in [3.8, 4) is 11.6 Å². The van der Waals surface area contributed by atoms with Crippen LogP contribution in [0.5, 0.6) is 0 Å². The second-order valence-electron chi connectivity index (χ2n) is 15.4. The molecule has 0 bridgehead atoms. The smallest absolute Gasteiger partial charge is 0.182 e. The number of hydrogen-bond donors (Lipinski definition) is 0. The number of para-hydroxylation sites is 5. The molecule has 5 nitrogen and oxygen atoms in total. The van der Waals surface area contributed by atoms with Crippen LogP contribution in [-0.4, -0.2) is 23.5 Å². The predicted molar refractivity (Wildman–Crippen MR) is 238 cm³/mol. The molecule has 0 saturated heterocycles. The van der Waals surface area contributed by atoms with Crippen LogP contribution in [0.25, 0.3) is 126 Å². The molecular formula is C52H29N5. The molecule has 57 heavy (non-hydrogen) atoms. The summed E-state index contributed by atoms with van der Waals surface area (Å²) in [6.07, 6.45) is 0. The second kappa shape index (κ2) is 10.5. The molecule has 0 amide bonds. The molecule has 14 rings (SSSR count). The predicted octanol–water partition coefficient (Wildman–Crippen LogP) is 13.3. The summed E-state index contributed by atoms with van der Waals surface area (Å²) in [6, 6.07) is 63.8. The largest absolute Gasteiger partial charge is 0.308 e. The van der Waals surface area contributed by atoms with Gasteiger partial charge in [0.15, 0.2) is 11.6 Å². The Labute approximate surface area is 324 Å².